The molecule has 1 aliphatic rings. The molecule has 0 saturated heterocycles. The maximum absolute atomic E-state index is 14.2. The fourth-order valence-corrected chi connectivity index (χ4v) is 3.59. The SMILES string of the molecule is COc1cccc(F)c1CN1CCc2nc(-c3ccc(Cl)cc3)[nH]c(=O)c2C1. The number of nitrogens with zero attached hydrogens (tertiary/aromatic N) is 2. The van der Waals surface area contributed by atoms with Crippen LogP contribution in [0.1, 0.15) is 16.8 Å². The predicted octanol–water partition coefficient (Wildman–Crippen LogP) is 3.80. The first-order chi connectivity index (χ1) is 13.5. The van der Waals surface area contributed by atoms with Crippen molar-refractivity contribution in [3.8, 4) is 17.1 Å². The minimum atomic E-state index is -0.310. The zero-order valence-electron chi connectivity index (χ0n) is 15.3. The quantitative estimate of drug-likeness (QED) is 0.725. The van der Waals surface area contributed by atoms with Gasteiger partial charge in [0, 0.05) is 42.2 Å². The molecule has 0 bridgehead atoms. The van der Waals surface area contributed by atoms with Gasteiger partial charge in [0.15, 0.2) is 0 Å². The summed E-state index contributed by atoms with van der Waals surface area (Å²) in [6, 6.07) is 12.0. The predicted molar refractivity (Wildman–Crippen MR) is 106 cm³/mol. The molecule has 1 N–H and O–H groups in total. The fraction of sp³-hybridized carbons (Fsp3) is 0.238. The number of fused-ring (bicyclic) bond motifs is 1. The third-order valence-electron chi connectivity index (χ3n) is 4.94. The van der Waals surface area contributed by atoms with E-state index in [1.807, 2.05) is 17.0 Å². The molecule has 3 aromatic rings. The highest BCUT2D eigenvalue weighted by atomic mass is 35.5. The van der Waals surface area contributed by atoms with Gasteiger partial charge in [0.25, 0.3) is 5.56 Å². The molecule has 0 spiro atoms. The van der Waals surface area contributed by atoms with Gasteiger partial charge in [-0.25, -0.2) is 9.37 Å². The first kappa shape index (κ1) is 18.7. The second-order valence-electron chi connectivity index (χ2n) is 6.73. The Morgan fingerprint density at radius 3 is 2.79 bits per heavy atom. The third kappa shape index (κ3) is 3.66. The zero-order valence-corrected chi connectivity index (χ0v) is 16.1. The monoisotopic (exact) mass is 399 g/mol. The van der Waals surface area contributed by atoms with Gasteiger partial charge >= 0.3 is 0 Å². The van der Waals surface area contributed by atoms with Crippen molar-refractivity contribution in [3.05, 3.63) is 80.5 Å². The average molecular weight is 400 g/mol. The van der Waals surface area contributed by atoms with E-state index in [2.05, 4.69) is 9.97 Å². The van der Waals surface area contributed by atoms with Crippen molar-refractivity contribution in [2.45, 2.75) is 19.5 Å². The normalized spacial score (nSPS) is 14.0. The number of ether oxygens (including phenoxy) is 1. The zero-order chi connectivity index (χ0) is 19.7. The number of hydrogen-bond donors (Lipinski definition) is 1. The lowest BCUT2D eigenvalue weighted by Gasteiger charge is -2.28. The highest BCUT2D eigenvalue weighted by Gasteiger charge is 2.23. The summed E-state index contributed by atoms with van der Waals surface area (Å²) < 4.78 is 19.5. The average Bonchev–Trinajstić information content (AvgIpc) is 2.70. The second kappa shape index (κ2) is 7.73. The number of benzene rings is 2. The molecule has 2 heterocycles. The lowest BCUT2D eigenvalue weighted by molar-refractivity contribution is 0.234. The number of nitrogens with one attached hydrogen (secondary N) is 1. The van der Waals surface area contributed by atoms with E-state index < -0.39 is 0 Å². The van der Waals surface area contributed by atoms with Gasteiger partial charge in [-0.3, -0.25) is 9.69 Å². The molecule has 0 unspecified atom stereocenters. The second-order valence-corrected chi connectivity index (χ2v) is 7.16. The molecule has 0 radical (unpaired) electrons. The topological polar surface area (TPSA) is 58.2 Å². The Kier molecular flexibility index (Phi) is 5.15. The lowest BCUT2D eigenvalue weighted by atomic mass is 10.0. The van der Waals surface area contributed by atoms with E-state index in [1.54, 1.807) is 24.3 Å². The van der Waals surface area contributed by atoms with Crippen LogP contribution in [0, 0.1) is 5.82 Å². The van der Waals surface area contributed by atoms with Gasteiger partial charge in [-0.05, 0) is 36.4 Å². The van der Waals surface area contributed by atoms with Crippen LogP contribution in [0.3, 0.4) is 0 Å². The van der Waals surface area contributed by atoms with E-state index >= 15 is 0 Å². The van der Waals surface area contributed by atoms with Crippen molar-refractivity contribution in [2.24, 2.45) is 0 Å². The van der Waals surface area contributed by atoms with Crippen LogP contribution in [-0.2, 0) is 19.5 Å². The number of methoxy groups -OCH3 is 1. The minimum absolute atomic E-state index is 0.167. The molecule has 1 aliphatic heterocycles. The van der Waals surface area contributed by atoms with Gasteiger partial charge in [-0.2, -0.15) is 0 Å². The molecule has 0 fully saturated rings. The summed E-state index contributed by atoms with van der Waals surface area (Å²) in [5.74, 6) is 0.732. The Hall–Kier alpha value is -2.70. The Bertz CT molecular complexity index is 1070. The van der Waals surface area contributed by atoms with Crippen LogP contribution >= 0.6 is 11.6 Å². The van der Waals surface area contributed by atoms with Gasteiger partial charge in [0.05, 0.1) is 18.4 Å². The van der Waals surface area contributed by atoms with Crippen LogP contribution in [0.15, 0.2) is 47.3 Å². The summed E-state index contributed by atoms with van der Waals surface area (Å²) in [6.45, 7) is 1.46. The Balaban J connectivity index is 1.60. The molecular weight excluding hydrogens is 381 g/mol. The molecular formula is C21H19ClFN3O2. The van der Waals surface area contributed by atoms with Gasteiger partial charge in [0.1, 0.15) is 17.4 Å². The number of rotatable bonds is 4. The van der Waals surface area contributed by atoms with Crippen LogP contribution in [-0.4, -0.2) is 28.5 Å². The molecule has 1 aromatic heterocycles. The largest absolute Gasteiger partial charge is 0.496 e. The molecule has 7 heteroatoms. The van der Waals surface area contributed by atoms with Crippen LogP contribution in [0.25, 0.3) is 11.4 Å². The summed E-state index contributed by atoms with van der Waals surface area (Å²) in [5, 5.41) is 0.628. The Morgan fingerprint density at radius 1 is 1.25 bits per heavy atom. The van der Waals surface area contributed by atoms with Crippen LogP contribution in [0.2, 0.25) is 5.02 Å². The van der Waals surface area contributed by atoms with Gasteiger partial charge < -0.3 is 9.72 Å². The molecule has 144 valence electrons. The number of halogens is 2. The van der Waals surface area contributed by atoms with Gasteiger partial charge in [-0.15, -0.1) is 0 Å². The minimum Gasteiger partial charge on any atom is -0.496 e. The fourth-order valence-electron chi connectivity index (χ4n) is 3.47. The van der Waals surface area contributed by atoms with E-state index in [9.17, 15) is 9.18 Å². The molecule has 5 nitrogen and oxygen atoms in total. The summed E-state index contributed by atoms with van der Waals surface area (Å²) in [5.41, 5.74) is 2.54. The number of aromatic nitrogens is 2. The third-order valence-corrected chi connectivity index (χ3v) is 5.19. The van der Waals surface area contributed by atoms with E-state index in [0.717, 1.165) is 11.3 Å². The lowest BCUT2D eigenvalue weighted by Crippen LogP contribution is -2.35. The molecule has 4 rings (SSSR count). The number of hydrogen-bond acceptors (Lipinski definition) is 4. The first-order valence-electron chi connectivity index (χ1n) is 8.97. The molecule has 0 amide bonds. The van der Waals surface area contributed by atoms with Crippen LogP contribution in [0.5, 0.6) is 5.75 Å². The van der Waals surface area contributed by atoms with Crippen molar-refractivity contribution in [1.82, 2.24) is 14.9 Å². The highest BCUT2D eigenvalue weighted by Crippen LogP contribution is 2.26. The van der Waals surface area contributed by atoms with Crippen LogP contribution < -0.4 is 10.3 Å². The number of H-pyrrole nitrogens is 1. The van der Waals surface area contributed by atoms with Gasteiger partial charge in [0.2, 0.25) is 0 Å². The van der Waals surface area contributed by atoms with Crippen molar-refractivity contribution in [1.29, 1.82) is 0 Å². The molecule has 0 saturated carbocycles. The van der Waals surface area contributed by atoms with Crippen molar-refractivity contribution in [2.75, 3.05) is 13.7 Å². The standard InChI is InChI=1S/C21H19ClFN3O2/c1-28-19-4-2-3-17(23)15(19)11-26-10-9-18-16(12-26)21(27)25-20(24-18)13-5-7-14(22)8-6-13/h2-8H,9-12H2,1H3,(H,24,25,27). The van der Waals surface area contributed by atoms with Crippen LogP contribution in [0.4, 0.5) is 4.39 Å². The number of aromatic amines is 1. The first-order valence-corrected chi connectivity index (χ1v) is 9.34. The molecule has 0 aliphatic carbocycles. The smallest absolute Gasteiger partial charge is 0.255 e. The van der Waals surface area contributed by atoms with E-state index in [4.69, 9.17) is 16.3 Å². The molecule has 28 heavy (non-hydrogen) atoms. The van der Waals surface area contributed by atoms with E-state index in [0.29, 0.717) is 53.8 Å². The maximum Gasteiger partial charge on any atom is 0.255 e. The highest BCUT2D eigenvalue weighted by molar-refractivity contribution is 6.30. The summed E-state index contributed by atoms with van der Waals surface area (Å²) in [7, 11) is 1.52. The van der Waals surface area contributed by atoms with Crippen molar-refractivity contribution >= 4 is 11.6 Å². The maximum atomic E-state index is 14.2. The summed E-state index contributed by atoms with van der Waals surface area (Å²) in [6.07, 6.45) is 0.622. The molecule has 2 aromatic carbocycles. The molecule has 0 atom stereocenters. The van der Waals surface area contributed by atoms with E-state index in [-0.39, 0.29) is 11.4 Å². The van der Waals surface area contributed by atoms with E-state index in [1.165, 1.54) is 13.2 Å². The van der Waals surface area contributed by atoms with Crippen molar-refractivity contribution < 1.29 is 9.13 Å². The Labute approximate surface area is 166 Å². The summed E-state index contributed by atoms with van der Waals surface area (Å²) >= 11 is 5.93. The summed E-state index contributed by atoms with van der Waals surface area (Å²) in [4.78, 5) is 22.2. The Morgan fingerprint density at radius 2 is 2.04 bits per heavy atom. The van der Waals surface area contributed by atoms with Crippen molar-refractivity contribution in [3.63, 3.8) is 0 Å². The van der Waals surface area contributed by atoms with Gasteiger partial charge in [-0.1, -0.05) is 17.7 Å².